The zero-order valence-electron chi connectivity index (χ0n) is 12.1. The van der Waals surface area contributed by atoms with E-state index in [4.69, 9.17) is 0 Å². The summed E-state index contributed by atoms with van der Waals surface area (Å²) in [4.78, 5) is 0. The Labute approximate surface area is 116 Å². The highest BCUT2D eigenvalue weighted by Gasteiger charge is 2.57. The van der Waals surface area contributed by atoms with Crippen LogP contribution in [0.2, 0.25) is 0 Å². The first-order valence-electron chi connectivity index (χ1n) is 8.45. The fraction of sp³-hybridized carbons (Fsp3) is 1.00. The lowest BCUT2D eigenvalue weighted by Gasteiger charge is -2.53. The summed E-state index contributed by atoms with van der Waals surface area (Å²) < 4.78 is 0. The van der Waals surface area contributed by atoms with Gasteiger partial charge in [0.2, 0.25) is 0 Å². The molecular weight excluding hydrogens is 236 g/mol. The molecule has 0 aliphatic heterocycles. The highest BCUT2D eigenvalue weighted by Crippen LogP contribution is 2.62. The summed E-state index contributed by atoms with van der Waals surface area (Å²) in [5.74, 6) is 4.09. The van der Waals surface area contributed by atoms with Crippen molar-refractivity contribution in [2.75, 3.05) is 0 Å². The van der Waals surface area contributed by atoms with Crippen LogP contribution in [-0.4, -0.2) is 22.4 Å². The maximum absolute atomic E-state index is 10.4. The van der Waals surface area contributed by atoms with Crippen molar-refractivity contribution in [2.24, 2.45) is 35.0 Å². The van der Waals surface area contributed by atoms with Crippen molar-refractivity contribution in [1.29, 1.82) is 0 Å². The van der Waals surface area contributed by atoms with Gasteiger partial charge in [0, 0.05) is 0 Å². The van der Waals surface area contributed by atoms with Crippen LogP contribution in [0.5, 0.6) is 0 Å². The number of aliphatic hydroxyl groups is 2. The van der Waals surface area contributed by atoms with Gasteiger partial charge in [0.25, 0.3) is 0 Å². The van der Waals surface area contributed by atoms with Crippen molar-refractivity contribution < 1.29 is 10.2 Å². The van der Waals surface area contributed by atoms with Crippen LogP contribution in [0.25, 0.3) is 0 Å². The lowest BCUT2D eigenvalue weighted by molar-refractivity contribution is -0.0689. The van der Waals surface area contributed by atoms with Gasteiger partial charge < -0.3 is 10.2 Å². The molecule has 19 heavy (non-hydrogen) atoms. The van der Waals surface area contributed by atoms with Crippen LogP contribution in [-0.2, 0) is 0 Å². The highest BCUT2D eigenvalue weighted by atomic mass is 16.3. The second-order valence-electron chi connectivity index (χ2n) is 8.20. The van der Waals surface area contributed by atoms with Gasteiger partial charge >= 0.3 is 0 Å². The molecule has 4 fully saturated rings. The maximum atomic E-state index is 10.4. The first-order chi connectivity index (χ1) is 9.09. The minimum Gasteiger partial charge on any atom is -0.393 e. The normalized spacial score (nSPS) is 60.5. The van der Waals surface area contributed by atoms with Gasteiger partial charge in [-0.15, -0.1) is 0 Å². The molecular formula is C17H28O2. The lowest BCUT2D eigenvalue weighted by atomic mass is 9.53. The van der Waals surface area contributed by atoms with Gasteiger partial charge in [-0.2, -0.15) is 0 Å². The Balaban J connectivity index is 1.60. The summed E-state index contributed by atoms with van der Waals surface area (Å²) in [6.07, 6.45) is 9.58. The summed E-state index contributed by atoms with van der Waals surface area (Å²) in [7, 11) is 0. The molecule has 4 rings (SSSR count). The Bertz CT molecular complexity index is 368. The number of rotatable bonds is 0. The van der Waals surface area contributed by atoms with Gasteiger partial charge in [-0.3, -0.25) is 0 Å². The molecule has 0 aromatic rings. The first kappa shape index (κ1) is 12.6. The van der Waals surface area contributed by atoms with Gasteiger partial charge in [-0.05, 0) is 86.4 Å². The quantitative estimate of drug-likeness (QED) is 0.706. The standard InChI is InChI=1S/C17H28O2/c1-17-7-6-12-13(15(17)4-5-16(17)19)3-2-10-8-11(18)9-14(10)12/h10-16,18-19H,2-9H2,1H3/t10-,11+,12?,13?,14-,15?,16-,17-/m0/s1. The van der Waals surface area contributed by atoms with Gasteiger partial charge in [0.05, 0.1) is 12.2 Å². The van der Waals surface area contributed by atoms with E-state index in [0.717, 1.165) is 48.9 Å². The fourth-order valence-electron chi connectivity index (χ4n) is 6.63. The zero-order valence-corrected chi connectivity index (χ0v) is 12.1. The molecule has 8 atom stereocenters. The summed E-state index contributed by atoms with van der Waals surface area (Å²) in [5.41, 5.74) is 0.214. The van der Waals surface area contributed by atoms with E-state index < -0.39 is 0 Å². The van der Waals surface area contributed by atoms with Crippen LogP contribution >= 0.6 is 0 Å². The summed E-state index contributed by atoms with van der Waals surface area (Å²) >= 11 is 0. The molecule has 2 nitrogen and oxygen atoms in total. The van der Waals surface area contributed by atoms with Crippen molar-refractivity contribution in [1.82, 2.24) is 0 Å². The van der Waals surface area contributed by atoms with Crippen LogP contribution in [0.3, 0.4) is 0 Å². The van der Waals surface area contributed by atoms with Crippen LogP contribution in [0.4, 0.5) is 0 Å². The Morgan fingerprint density at radius 3 is 2.53 bits per heavy atom. The van der Waals surface area contributed by atoms with Crippen molar-refractivity contribution in [3.05, 3.63) is 0 Å². The minimum absolute atomic E-state index is 0.0174. The molecule has 4 saturated carbocycles. The molecule has 0 aromatic carbocycles. The maximum Gasteiger partial charge on any atom is 0.0596 e. The molecule has 2 heteroatoms. The van der Waals surface area contributed by atoms with E-state index in [1.807, 2.05) is 0 Å². The van der Waals surface area contributed by atoms with Gasteiger partial charge in [-0.1, -0.05) is 6.92 Å². The van der Waals surface area contributed by atoms with Gasteiger partial charge in [0.15, 0.2) is 0 Å². The Morgan fingerprint density at radius 1 is 0.842 bits per heavy atom. The van der Waals surface area contributed by atoms with Crippen molar-refractivity contribution in [3.8, 4) is 0 Å². The SMILES string of the molecule is C[C@]12CCC3C(CC[C@H]4C[C@@H](O)C[C@H]34)C1CC[C@@H]2O. The number of hydrogen-bond donors (Lipinski definition) is 2. The molecule has 0 aromatic heterocycles. The molecule has 4 aliphatic rings. The molecule has 0 amide bonds. The average Bonchev–Trinajstić information content (AvgIpc) is 2.90. The van der Waals surface area contributed by atoms with E-state index in [1.54, 1.807) is 0 Å². The monoisotopic (exact) mass is 264 g/mol. The Morgan fingerprint density at radius 2 is 1.68 bits per heavy atom. The average molecular weight is 264 g/mol. The van der Waals surface area contributed by atoms with E-state index >= 15 is 0 Å². The molecule has 0 heterocycles. The third-order valence-electron chi connectivity index (χ3n) is 7.59. The lowest BCUT2D eigenvalue weighted by Crippen LogP contribution is -2.47. The predicted molar refractivity (Wildman–Crippen MR) is 74.5 cm³/mol. The predicted octanol–water partition coefficient (Wildman–Crippen LogP) is 2.97. The van der Waals surface area contributed by atoms with Crippen molar-refractivity contribution >= 4 is 0 Å². The third kappa shape index (κ3) is 1.68. The second kappa shape index (κ2) is 4.21. The van der Waals surface area contributed by atoms with Crippen molar-refractivity contribution in [3.63, 3.8) is 0 Å². The molecule has 4 aliphatic carbocycles. The summed E-state index contributed by atoms with van der Waals surface area (Å²) in [5, 5.41) is 20.4. The van der Waals surface area contributed by atoms with Crippen LogP contribution in [0.1, 0.15) is 58.3 Å². The topological polar surface area (TPSA) is 40.5 Å². The molecule has 0 spiro atoms. The number of fused-ring (bicyclic) bond motifs is 5. The number of hydrogen-bond acceptors (Lipinski definition) is 2. The number of aliphatic hydroxyl groups excluding tert-OH is 2. The molecule has 108 valence electrons. The summed E-state index contributed by atoms with van der Waals surface area (Å²) in [6, 6.07) is 0. The second-order valence-corrected chi connectivity index (χ2v) is 8.20. The fourth-order valence-corrected chi connectivity index (χ4v) is 6.63. The first-order valence-corrected chi connectivity index (χ1v) is 8.45. The largest absolute Gasteiger partial charge is 0.393 e. The smallest absolute Gasteiger partial charge is 0.0596 e. The van der Waals surface area contributed by atoms with E-state index in [-0.39, 0.29) is 17.6 Å². The van der Waals surface area contributed by atoms with E-state index in [0.29, 0.717) is 0 Å². The van der Waals surface area contributed by atoms with Crippen LogP contribution in [0, 0.1) is 35.0 Å². The van der Waals surface area contributed by atoms with E-state index in [1.165, 1.54) is 32.1 Å². The summed E-state index contributed by atoms with van der Waals surface area (Å²) in [6.45, 7) is 2.35. The van der Waals surface area contributed by atoms with E-state index in [9.17, 15) is 10.2 Å². The van der Waals surface area contributed by atoms with Crippen molar-refractivity contribution in [2.45, 2.75) is 70.5 Å². The minimum atomic E-state index is -0.0506. The molecule has 3 unspecified atom stereocenters. The molecule has 0 radical (unpaired) electrons. The van der Waals surface area contributed by atoms with Gasteiger partial charge in [0.1, 0.15) is 0 Å². The zero-order chi connectivity index (χ0) is 13.2. The molecule has 2 N–H and O–H groups in total. The Hall–Kier alpha value is -0.0800. The van der Waals surface area contributed by atoms with E-state index in [2.05, 4.69) is 6.92 Å². The molecule has 0 saturated heterocycles. The van der Waals surface area contributed by atoms with Gasteiger partial charge in [-0.25, -0.2) is 0 Å². The third-order valence-corrected chi connectivity index (χ3v) is 7.59. The Kier molecular flexibility index (Phi) is 2.80. The van der Waals surface area contributed by atoms with Crippen LogP contribution in [0.15, 0.2) is 0 Å². The van der Waals surface area contributed by atoms with Crippen LogP contribution < -0.4 is 0 Å². The highest BCUT2D eigenvalue weighted by molar-refractivity contribution is 5.06. The molecule has 0 bridgehead atoms.